The first-order chi connectivity index (χ1) is 10.2. The van der Waals surface area contributed by atoms with Crippen LogP contribution in [0.1, 0.15) is 30.0 Å². The highest BCUT2D eigenvalue weighted by Gasteiger charge is 2.47. The van der Waals surface area contributed by atoms with Crippen LogP contribution in [-0.4, -0.2) is 36.1 Å². The molecule has 5 rings (SSSR count). The van der Waals surface area contributed by atoms with Crippen LogP contribution in [0.3, 0.4) is 0 Å². The number of H-pyrrole nitrogens is 1. The fourth-order valence-electron chi connectivity index (χ4n) is 4.97. The smallest absolute Gasteiger partial charge is 0.167 e. The summed E-state index contributed by atoms with van der Waals surface area (Å²) in [5.74, 6) is 1.54. The summed E-state index contributed by atoms with van der Waals surface area (Å²) in [5, 5.41) is 1.15. The summed E-state index contributed by atoms with van der Waals surface area (Å²) in [7, 11) is 1.53. The van der Waals surface area contributed by atoms with Crippen LogP contribution >= 0.6 is 0 Å². The molecule has 3 atom stereocenters. The van der Waals surface area contributed by atoms with Crippen LogP contribution in [0.15, 0.2) is 12.1 Å². The number of methoxy groups -OCH3 is 1. The van der Waals surface area contributed by atoms with Gasteiger partial charge in [-0.05, 0) is 36.8 Å². The van der Waals surface area contributed by atoms with Crippen LogP contribution in [0.2, 0.25) is 0 Å². The topological polar surface area (TPSA) is 28.3 Å². The molecular weight excluding hydrogens is 267 g/mol. The standard InChI is InChI=1S/C17H19FN2O/c1-21-16-6-11-10-2-3-20-8-9-4-12(15(20)5-9)17(10)19-14(11)7-13(16)18/h6-7,9,12,15,19H,2-5,8H2,1H3/t9-,12-,15+/m1/s1. The van der Waals surface area contributed by atoms with E-state index in [2.05, 4.69) is 9.88 Å². The van der Waals surface area contributed by atoms with Gasteiger partial charge in [-0.15, -0.1) is 0 Å². The molecule has 1 aromatic carbocycles. The molecule has 1 aromatic heterocycles. The van der Waals surface area contributed by atoms with Gasteiger partial charge in [-0.3, -0.25) is 4.90 Å². The van der Waals surface area contributed by atoms with Gasteiger partial charge < -0.3 is 9.72 Å². The average Bonchev–Trinajstić information content (AvgIpc) is 3.14. The zero-order valence-corrected chi connectivity index (χ0v) is 12.2. The molecule has 110 valence electrons. The number of benzene rings is 1. The van der Waals surface area contributed by atoms with E-state index in [0.717, 1.165) is 29.8 Å². The number of hydrogen-bond acceptors (Lipinski definition) is 2. The molecule has 3 aliphatic rings. The maximum atomic E-state index is 13.9. The van der Waals surface area contributed by atoms with Crippen LogP contribution < -0.4 is 4.74 Å². The Hall–Kier alpha value is -1.55. The van der Waals surface area contributed by atoms with Gasteiger partial charge in [-0.2, -0.15) is 0 Å². The first-order valence-electron chi connectivity index (χ1n) is 7.86. The summed E-state index contributed by atoms with van der Waals surface area (Å²) in [6.45, 7) is 2.42. The van der Waals surface area contributed by atoms with E-state index in [-0.39, 0.29) is 5.82 Å². The minimum Gasteiger partial charge on any atom is -0.494 e. The van der Waals surface area contributed by atoms with Crippen molar-refractivity contribution in [2.45, 2.75) is 31.2 Å². The van der Waals surface area contributed by atoms with Gasteiger partial charge >= 0.3 is 0 Å². The average molecular weight is 286 g/mol. The Morgan fingerprint density at radius 3 is 3.05 bits per heavy atom. The zero-order valence-electron chi connectivity index (χ0n) is 12.2. The van der Waals surface area contributed by atoms with E-state index in [1.807, 2.05) is 6.07 Å². The van der Waals surface area contributed by atoms with Crippen LogP contribution in [0, 0.1) is 11.7 Å². The fraction of sp³-hybridized carbons (Fsp3) is 0.529. The van der Waals surface area contributed by atoms with E-state index >= 15 is 0 Å². The van der Waals surface area contributed by atoms with Crippen molar-refractivity contribution in [1.29, 1.82) is 0 Å². The number of nitrogens with zero attached hydrogens (tertiary/aromatic N) is 1. The molecule has 0 unspecified atom stereocenters. The largest absolute Gasteiger partial charge is 0.494 e. The molecule has 3 nitrogen and oxygen atoms in total. The fourth-order valence-corrected chi connectivity index (χ4v) is 4.97. The van der Waals surface area contributed by atoms with Crippen molar-refractivity contribution in [2.24, 2.45) is 5.92 Å². The third-order valence-corrected chi connectivity index (χ3v) is 5.82. The van der Waals surface area contributed by atoms with E-state index in [1.54, 1.807) is 6.07 Å². The minimum atomic E-state index is -0.282. The van der Waals surface area contributed by atoms with E-state index in [9.17, 15) is 4.39 Å². The van der Waals surface area contributed by atoms with Crippen LogP contribution in [0.25, 0.3) is 10.9 Å². The molecule has 2 bridgehead atoms. The maximum Gasteiger partial charge on any atom is 0.167 e. The van der Waals surface area contributed by atoms with Crippen molar-refractivity contribution < 1.29 is 9.13 Å². The summed E-state index contributed by atoms with van der Waals surface area (Å²) in [5.41, 5.74) is 3.69. The first-order valence-corrected chi connectivity index (χ1v) is 7.86. The van der Waals surface area contributed by atoms with Gasteiger partial charge in [0, 0.05) is 47.7 Å². The van der Waals surface area contributed by atoms with Crippen molar-refractivity contribution in [3.8, 4) is 5.75 Å². The third kappa shape index (κ3) is 1.51. The van der Waals surface area contributed by atoms with Gasteiger partial charge in [0.2, 0.25) is 0 Å². The maximum absolute atomic E-state index is 13.9. The zero-order chi connectivity index (χ0) is 14.1. The first kappa shape index (κ1) is 12.0. The number of piperidine rings is 1. The molecule has 0 amide bonds. The lowest BCUT2D eigenvalue weighted by molar-refractivity contribution is 0.201. The third-order valence-electron chi connectivity index (χ3n) is 5.82. The van der Waals surface area contributed by atoms with E-state index in [0.29, 0.717) is 17.7 Å². The minimum absolute atomic E-state index is 0.282. The second-order valence-corrected chi connectivity index (χ2v) is 6.81. The van der Waals surface area contributed by atoms with E-state index in [1.165, 1.54) is 37.8 Å². The van der Waals surface area contributed by atoms with Gasteiger partial charge in [-0.25, -0.2) is 4.39 Å². The molecule has 1 N–H and O–H groups in total. The number of hydrogen-bond donors (Lipinski definition) is 1. The summed E-state index contributed by atoms with van der Waals surface area (Å²) >= 11 is 0. The Morgan fingerprint density at radius 2 is 2.24 bits per heavy atom. The van der Waals surface area contributed by atoms with Gasteiger partial charge in [0.1, 0.15) is 0 Å². The molecule has 0 radical (unpaired) electrons. The molecule has 21 heavy (non-hydrogen) atoms. The molecule has 1 saturated carbocycles. The monoisotopic (exact) mass is 286 g/mol. The van der Waals surface area contributed by atoms with Crippen molar-refractivity contribution >= 4 is 10.9 Å². The van der Waals surface area contributed by atoms with Gasteiger partial charge in [0.15, 0.2) is 11.6 Å². The van der Waals surface area contributed by atoms with Crippen molar-refractivity contribution in [1.82, 2.24) is 9.88 Å². The lowest BCUT2D eigenvalue weighted by Gasteiger charge is -2.30. The number of halogens is 1. The molecule has 2 aromatic rings. The Labute approximate surface area is 123 Å². The molecule has 2 fully saturated rings. The number of nitrogens with one attached hydrogen (secondary N) is 1. The molecule has 4 heteroatoms. The lowest BCUT2D eigenvalue weighted by Crippen LogP contribution is -2.36. The molecule has 0 spiro atoms. The highest BCUT2D eigenvalue weighted by molar-refractivity contribution is 5.86. The lowest BCUT2D eigenvalue weighted by atomic mass is 9.93. The summed E-state index contributed by atoms with van der Waals surface area (Å²) < 4.78 is 19.1. The predicted octanol–water partition coefficient (Wildman–Crippen LogP) is 3.05. The number of fused-ring (bicyclic) bond motifs is 5. The summed E-state index contributed by atoms with van der Waals surface area (Å²) in [4.78, 5) is 6.20. The van der Waals surface area contributed by atoms with Crippen LogP contribution in [0.5, 0.6) is 5.75 Å². The summed E-state index contributed by atoms with van der Waals surface area (Å²) in [6, 6.07) is 4.17. The van der Waals surface area contributed by atoms with Gasteiger partial charge in [0.05, 0.1) is 7.11 Å². The molecule has 1 aliphatic carbocycles. The van der Waals surface area contributed by atoms with Gasteiger partial charge in [0.25, 0.3) is 0 Å². The molecule has 3 heterocycles. The normalized spacial score (nSPS) is 30.7. The Morgan fingerprint density at radius 1 is 1.33 bits per heavy atom. The number of ether oxygens (including phenoxy) is 1. The van der Waals surface area contributed by atoms with E-state index < -0.39 is 0 Å². The Balaban J connectivity index is 1.72. The highest BCUT2D eigenvalue weighted by Crippen LogP contribution is 2.50. The van der Waals surface area contributed by atoms with Crippen LogP contribution in [-0.2, 0) is 6.42 Å². The van der Waals surface area contributed by atoms with E-state index in [4.69, 9.17) is 4.74 Å². The Kier molecular flexibility index (Phi) is 2.30. The second kappa shape index (κ2) is 4.01. The SMILES string of the molecule is COc1cc2c3c([nH]c2cc1F)[C@@H]1C[C@@H]2C[C@@H]1N(CC3)C2. The molecule has 2 aliphatic heterocycles. The van der Waals surface area contributed by atoms with Gasteiger partial charge in [-0.1, -0.05) is 0 Å². The molecular formula is C17H19FN2O. The van der Waals surface area contributed by atoms with Crippen molar-refractivity contribution in [3.05, 3.63) is 29.2 Å². The van der Waals surface area contributed by atoms with Crippen LogP contribution in [0.4, 0.5) is 4.39 Å². The highest BCUT2D eigenvalue weighted by atomic mass is 19.1. The van der Waals surface area contributed by atoms with Crippen molar-refractivity contribution in [2.75, 3.05) is 20.2 Å². The second-order valence-electron chi connectivity index (χ2n) is 6.81. The summed E-state index contributed by atoms with van der Waals surface area (Å²) in [6.07, 6.45) is 3.70. The Bertz CT molecular complexity index is 738. The number of aromatic nitrogens is 1. The number of rotatable bonds is 1. The molecule has 1 saturated heterocycles. The quantitative estimate of drug-likeness (QED) is 0.872. The predicted molar refractivity (Wildman–Crippen MR) is 79.3 cm³/mol. The van der Waals surface area contributed by atoms with Crippen molar-refractivity contribution in [3.63, 3.8) is 0 Å². The number of aromatic amines is 1.